The Hall–Kier alpha value is -1.96. The van der Waals surface area contributed by atoms with Crippen molar-refractivity contribution < 1.29 is 13.9 Å². The van der Waals surface area contributed by atoms with Crippen LogP contribution in [0.5, 0.6) is 0 Å². The number of rotatable bonds is 2. The van der Waals surface area contributed by atoms with Gasteiger partial charge in [0.05, 0.1) is 19.0 Å². The molecule has 1 spiro atoms. The number of likely N-dealkylation sites (tertiary alicyclic amines) is 1. The molecule has 3 saturated heterocycles. The molecule has 0 saturated carbocycles. The van der Waals surface area contributed by atoms with Crippen LogP contribution >= 0.6 is 0 Å². The Bertz CT molecular complexity index is 622. The van der Waals surface area contributed by atoms with E-state index in [4.69, 9.17) is 4.74 Å². The van der Waals surface area contributed by atoms with E-state index in [0.29, 0.717) is 25.7 Å². The SMILES string of the molecule is O=C(N[C@H]1CCOC[C@]12CCN(c1ncc(F)cn1)C2)N1CCCC1. The van der Waals surface area contributed by atoms with Crippen LogP contribution < -0.4 is 10.2 Å². The first-order chi connectivity index (χ1) is 12.2. The average Bonchev–Trinajstić information content (AvgIpc) is 3.29. The number of nitrogens with zero attached hydrogens (tertiary/aromatic N) is 4. The molecule has 0 aromatic carbocycles. The molecule has 0 bridgehead atoms. The molecule has 2 atom stereocenters. The normalized spacial score (nSPS) is 29.4. The van der Waals surface area contributed by atoms with Gasteiger partial charge in [-0.15, -0.1) is 0 Å². The minimum absolute atomic E-state index is 0.0419. The lowest BCUT2D eigenvalue weighted by Gasteiger charge is -2.41. The quantitative estimate of drug-likeness (QED) is 0.874. The van der Waals surface area contributed by atoms with Gasteiger partial charge in [-0.05, 0) is 25.7 Å². The number of amides is 2. The molecule has 4 heterocycles. The first-order valence-electron chi connectivity index (χ1n) is 9.02. The van der Waals surface area contributed by atoms with Crippen LogP contribution in [0, 0.1) is 11.2 Å². The van der Waals surface area contributed by atoms with Crippen molar-refractivity contribution in [2.24, 2.45) is 5.41 Å². The molecule has 0 radical (unpaired) electrons. The summed E-state index contributed by atoms with van der Waals surface area (Å²) in [7, 11) is 0. The summed E-state index contributed by atoms with van der Waals surface area (Å²) in [5, 5.41) is 3.25. The van der Waals surface area contributed by atoms with Gasteiger partial charge in [0.25, 0.3) is 0 Å². The van der Waals surface area contributed by atoms with Gasteiger partial charge in [-0.2, -0.15) is 0 Å². The van der Waals surface area contributed by atoms with E-state index in [1.54, 1.807) is 0 Å². The van der Waals surface area contributed by atoms with Crippen molar-refractivity contribution in [2.75, 3.05) is 44.3 Å². The number of carbonyl (C=O) groups is 1. The summed E-state index contributed by atoms with van der Waals surface area (Å²) in [4.78, 5) is 24.7. The molecular formula is C17H24FN5O2. The molecule has 4 rings (SSSR count). The summed E-state index contributed by atoms with van der Waals surface area (Å²) in [6.07, 6.45) is 6.27. The summed E-state index contributed by atoms with van der Waals surface area (Å²) >= 11 is 0. The zero-order valence-corrected chi connectivity index (χ0v) is 14.3. The van der Waals surface area contributed by atoms with E-state index in [2.05, 4.69) is 20.2 Å². The van der Waals surface area contributed by atoms with Gasteiger partial charge in [-0.25, -0.2) is 19.2 Å². The van der Waals surface area contributed by atoms with Crippen molar-refractivity contribution in [2.45, 2.75) is 31.7 Å². The third kappa shape index (κ3) is 3.27. The Morgan fingerprint density at radius 3 is 2.80 bits per heavy atom. The van der Waals surface area contributed by atoms with E-state index in [9.17, 15) is 9.18 Å². The maximum absolute atomic E-state index is 13.1. The molecule has 25 heavy (non-hydrogen) atoms. The molecule has 1 aromatic rings. The van der Waals surface area contributed by atoms with Gasteiger partial charge >= 0.3 is 6.03 Å². The zero-order valence-electron chi connectivity index (χ0n) is 14.3. The molecule has 3 fully saturated rings. The molecule has 1 N–H and O–H groups in total. The van der Waals surface area contributed by atoms with E-state index in [-0.39, 0.29) is 17.5 Å². The summed E-state index contributed by atoms with van der Waals surface area (Å²) < 4.78 is 18.8. The van der Waals surface area contributed by atoms with Crippen LogP contribution in [0.1, 0.15) is 25.7 Å². The maximum Gasteiger partial charge on any atom is 0.317 e. The van der Waals surface area contributed by atoms with Crippen LogP contribution in [-0.2, 0) is 4.74 Å². The Kier molecular flexibility index (Phi) is 4.45. The molecule has 1 aromatic heterocycles. The van der Waals surface area contributed by atoms with E-state index >= 15 is 0 Å². The molecule has 2 amide bonds. The maximum atomic E-state index is 13.1. The van der Waals surface area contributed by atoms with E-state index in [1.165, 1.54) is 12.4 Å². The van der Waals surface area contributed by atoms with Crippen LogP contribution in [0.3, 0.4) is 0 Å². The second-order valence-corrected chi connectivity index (χ2v) is 7.27. The molecular weight excluding hydrogens is 325 g/mol. The van der Waals surface area contributed by atoms with Crippen LogP contribution in [0.25, 0.3) is 0 Å². The lowest BCUT2D eigenvalue weighted by atomic mass is 9.77. The number of nitrogens with one attached hydrogen (secondary N) is 1. The van der Waals surface area contributed by atoms with Gasteiger partial charge in [0.1, 0.15) is 0 Å². The highest BCUT2D eigenvalue weighted by Crippen LogP contribution is 2.39. The smallest absolute Gasteiger partial charge is 0.317 e. The number of carbonyl (C=O) groups excluding carboxylic acids is 1. The highest BCUT2D eigenvalue weighted by Gasteiger charge is 2.48. The minimum Gasteiger partial charge on any atom is -0.381 e. The Labute approximate surface area is 146 Å². The molecule has 3 aliphatic rings. The highest BCUT2D eigenvalue weighted by molar-refractivity contribution is 5.75. The first-order valence-corrected chi connectivity index (χ1v) is 9.02. The largest absolute Gasteiger partial charge is 0.381 e. The molecule has 0 unspecified atom stereocenters. The number of hydrogen-bond acceptors (Lipinski definition) is 5. The van der Waals surface area contributed by atoms with Gasteiger partial charge in [0.15, 0.2) is 5.82 Å². The second-order valence-electron chi connectivity index (χ2n) is 7.27. The fraction of sp³-hybridized carbons (Fsp3) is 0.706. The first kappa shape index (κ1) is 16.5. The minimum atomic E-state index is -0.436. The van der Waals surface area contributed by atoms with Gasteiger partial charge in [0.2, 0.25) is 5.95 Å². The van der Waals surface area contributed by atoms with Gasteiger partial charge in [-0.3, -0.25) is 0 Å². The van der Waals surface area contributed by atoms with E-state index in [0.717, 1.165) is 45.3 Å². The third-order valence-corrected chi connectivity index (χ3v) is 5.65. The van der Waals surface area contributed by atoms with Gasteiger partial charge in [0, 0.05) is 44.2 Å². The molecule has 3 aliphatic heterocycles. The van der Waals surface area contributed by atoms with Crippen LogP contribution in [-0.4, -0.2) is 66.3 Å². The van der Waals surface area contributed by atoms with Crippen molar-refractivity contribution in [3.8, 4) is 0 Å². The van der Waals surface area contributed by atoms with Gasteiger partial charge < -0.3 is 19.9 Å². The number of anilines is 1. The van der Waals surface area contributed by atoms with E-state index in [1.807, 2.05) is 4.90 Å². The molecule has 136 valence electrons. The Morgan fingerprint density at radius 2 is 2.04 bits per heavy atom. The number of aromatic nitrogens is 2. The number of halogens is 1. The number of hydrogen-bond donors (Lipinski definition) is 1. The Balaban J connectivity index is 1.46. The third-order valence-electron chi connectivity index (χ3n) is 5.65. The van der Waals surface area contributed by atoms with Crippen molar-refractivity contribution in [1.29, 1.82) is 0 Å². The highest BCUT2D eigenvalue weighted by atomic mass is 19.1. The number of ether oxygens (including phenoxy) is 1. The molecule has 0 aliphatic carbocycles. The predicted molar refractivity (Wildman–Crippen MR) is 89.8 cm³/mol. The summed E-state index contributed by atoms with van der Waals surface area (Å²) in [6.45, 7) is 4.47. The molecule has 8 heteroatoms. The van der Waals surface area contributed by atoms with Crippen molar-refractivity contribution in [3.63, 3.8) is 0 Å². The molecule has 7 nitrogen and oxygen atoms in total. The Morgan fingerprint density at radius 1 is 1.28 bits per heavy atom. The number of urea groups is 1. The van der Waals surface area contributed by atoms with E-state index < -0.39 is 5.82 Å². The lowest BCUT2D eigenvalue weighted by molar-refractivity contribution is -0.0190. The predicted octanol–water partition coefficient (Wildman–Crippen LogP) is 1.41. The monoisotopic (exact) mass is 349 g/mol. The van der Waals surface area contributed by atoms with Crippen molar-refractivity contribution >= 4 is 12.0 Å². The fourth-order valence-corrected chi connectivity index (χ4v) is 4.21. The standard InChI is InChI=1S/C17H24FN5O2/c18-13-9-19-15(20-10-13)23-7-4-17(11-23)12-25-8-3-14(17)21-16(24)22-5-1-2-6-22/h9-10,14H,1-8,11-12H2,(H,21,24)/t14-,17+/m0/s1. The van der Waals surface area contributed by atoms with Crippen molar-refractivity contribution in [1.82, 2.24) is 20.2 Å². The van der Waals surface area contributed by atoms with Crippen LogP contribution in [0.15, 0.2) is 12.4 Å². The van der Waals surface area contributed by atoms with Crippen LogP contribution in [0.2, 0.25) is 0 Å². The van der Waals surface area contributed by atoms with Gasteiger partial charge in [-0.1, -0.05) is 0 Å². The van der Waals surface area contributed by atoms with Crippen molar-refractivity contribution in [3.05, 3.63) is 18.2 Å². The summed E-state index contributed by atoms with van der Waals surface area (Å²) in [5.41, 5.74) is -0.134. The topological polar surface area (TPSA) is 70.6 Å². The summed E-state index contributed by atoms with van der Waals surface area (Å²) in [5.74, 6) is 0.0999. The summed E-state index contributed by atoms with van der Waals surface area (Å²) in [6, 6.07) is 0.125. The second kappa shape index (κ2) is 6.74. The fourth-order valence-electron chi connectivity index (χ4n) is 4.21. The zero-order chi connectivity index (χ0) is 17.3. The average molecular weight is 349 g/mol. The lowest BCUT2D eigenvalue weighted by Crippen LogP contribution is -2.57. The van der Waals surface area contributed by atoms with Crippen LogP contribution in [0.4, 0.5) is 15.1 Å².